The minimum Gasteiger partial charge on any atom is -0.480 e. The van der Waals surface area contributed by atoms with Crippen molar-refractivity contribution < 1.29 is 36.6 Å². The maximum Gasteiger partial charge on any atom is 0.425 e. The molecular formula is C17H14ClF4N3O4. The lowest BCUT2D eigenvalue weighted by Crippen LogP contribution is -2.32. The van der Waals surface area contributed by atoms with Crippen molar-refractivity contribution in [2.45, 2.75) is 26.1 Å². The highest BCUT2D eigenvalue weighted by molar-refractivity contribution is 6.33. The Bertz CT molecular complexity index is 933. The van der Waals surface area contributed by atoms with Crippen LogP contribution in [0.3, 0.4) is 0 Å². The van der Waals surface area contributed by atoms with Crippen molar-refractivity contribution in [3.63, 3.8) is 0 Å². The molecule has 156 valence electrons. The predicted octanol–water partition coefficient (Wildman–Crippen LogP) is 4.22. The second-order valence-corrected chi connectivity index (χ2v) is 6.11. The Kier molecular flexibility index (Phi) is 6.52. The van der Waals surface area contributed by atoms with Gasteiger partial charge in [-0.3, -0.25) is 4.79 Å². The highest BCUT2D eigenvalue weighted by atomic mass is 35.5. The number of nitrogens with zero attached hydrogens (tertiary/aromatic N) is 1. The zero-order valence-electron chi connectivity index (χ0n) is 14.9. The van der Waals surface area contributed by atoms with Crippen LogP contribution in [0.4, 0.5) is 28.0 Å². The van der Waals surface area contributed by atoms with E-state index in [2.05, 4.69) is 15.0 Å². The van der Waals surface area contributed by atoms with E-state index in [9.17, 15) is 27.2 Å². The molecule has 7 nitrogen and oxygen atoms in total. The number of alkyl halides is 3. The van der Waals surface area contributed by atoms with E-state index < -0.39 is 47.2 Å². The molecule has 2 aromatic rings. The van der Waals surface area contributed by atoms with Crippen molar-refractivity contribution in [2.24, 2.45) is 5.73 Å². The van der Waals surface area contributed by atoms with Crippen LogP contribution in [0.1, 0.15) is 22.8 Å². The van der Waals surface area contributed by atoms with Gasteiger partial charge in [0, 0.05) is 12.3 Å². The van der Waals surface area contributed by atoms with Crippen molar-refractivity contribution in [3.8, 4) is 11.5 Å². The van der Waals surface area contributed by atoms with Gasteiger partial charge in [-0.15, -0.1) is 0 Å². The molecule has 2 amide bonds. The first-order chi connectivity index (χ1) is 13.4. The number of hydrogen-bond donors (Lipinski definition) is 2. The number of aromatic nitrogens is 1. The van der Waals surface area contributed by atoms with Crippen LogP contribution < -0.4 is 20.5 Å². The first-order valence-electron chi connectivity index (χ1n) is 7.86. The molecule has 0 saturated heterocycles. The second-order valence-electron chi connectivity index (χ2n) is 5.75. The van der Waals surface area contributed by atoms with Crippen LogP contribution in [-0.2, 0) is 0 Å². The maximum atomic E-state index is 14.2. The van der Waals surface area contributed by atoms with Gasteiger partial charge in [0.05, 0.1) is 11.3 Å². The number of amides is 2. The van der Waals surface area contributed by atoms with Crippen LogP contribution in [0.25, 0.3) is 0 Å². The molecule has 0 bridgehead atoms. The summed E-state index contributed by atoms with van der Waals surface area (Å²) in [7, 11) is 0. The third-order valence-corrected chi connectivity index (χ3v) is 3.89. The third-order valence-electron chi connectivity index (χ3n) is 3.61. The number of primary amides is 1. The van der Waals surface area contributed by atoms with Gasteiger partial charge in [-0.25, -0.2) is 14.2 Å². The van der Waals surface area contributed by atoms with E-state index in [1.165, 1.54) is 12.3 Å². The molecular weight excluding hydrogens is 422 g/mol. The van der Waals surface area contributed by atoms with Gasteiger partial charge in [-0.05, 0) is 31.5 Å². The number of nitrogens with two attached hydrogens (primary N) is 1. The highest BCUT2D eigenvalue weighted by Crippen LogP contribution is 2.33. The first-order valence-corrected chi connectivity index (χ1v) is 8.24. The van der Waals surface area contributed by atoms with E-state index in [1.807, 2.05) is 0 Å². The Hall–Kier alpha value is -3.08. The van der Waals surface area contributed by atoms with Gasteiger partial charge in [-0.2, -0.15) is 13.2 Å². The summed E-state index contributed by atoms with van der Waals surface area (Å²) in [5, 5.41) is 2.26. The summed E-state index contributed by atoms with van der Waals surface area (Å²) in [5.41, 5.74) is 4.77. The zero-order valence-corrected chi connectivity index (χ0v) is 15.7. The molecule has 29 heavy (non-hydrogen) atoms. The van der Waals surface area contributed by atoms with E-state index in [0.717, 1.165) is 0 Å². The van der Waals surface area contributed by atoms with E-state index >= 15 is 0 Å². The fourth-order valence-corrected chi connectivity index (χ4v) is 2.36. The molecule has 0 radical (unpaired) electrons. The fourth-order valence-electron chi connectivity index (χ4n) is 2.11. The van der Waals surface area contributed by atoms with E-state index in [1.54, 1.807) is 6.92 Å². The minimum atomic E-state index is -4.78. The molecule has 1 aromatic heterocycles. The number of anilines is 1. The quantitative estimate of drug-likeness (QED) is 0.540. The Morgan fingerprint density at radius 3 is 2.48 bits per heavy atom. The summed E-state index contributed by atoms with van der Waals surface area (Å²) in [6.07, 6.45) is -7.17. The molecule has 0 aliphatic rings. The van der Waals surface area contributed by atoms with Gasteiger partial charge in [0.15, 0.2) is 22.8 Å². The number of benzene rings is 1. The van der Waals surface area contributed by atoms with Gasteiger partial charge in [0.2, 0.25) is 0 Å². The van der Waals surface area contributed by atoms with Crippen LogP contribution in [0, 0.1) is 12.7 Å². The van der Waals surface area contributed by atoms with Crippen molar-refractivity contribution in [1.82, 2.24) is 4.98 Å². The highest BCUT2D eigenvalue weighted by Gasteiger charge is 2.39. The molecule has 0 fully saturated rings. The monoisotopic (exact) mass is 435 g/mol. The number of halogens is 5. The molecule has 1 unspecified atom stereocenters. The average molecular weight is 436 g/mol. The SMILES string of the molecule is Cc1ccnc(Cl)c1NC(=O)c1cc(F)c(OC(N)=O)cc1OC(C)C(F)(F)F. The number of nitrogens with one attached hydrogen (secondary N) is 1. The van der Waals surface area contributed by atoms with Crippen LogP contribution in [-0.4, -0.2) is 29.3 Å². The zero-order chi connectivity index (χ0) is 21.9. The van der Waals surface area contributed by atoms with Gasteiger partial charge in [-0.1, -0.05) is 11.6 Å². The van der Waals surface area contributed by atoms with Crippen LogP contribution in [0.2, 0.25) is 5.15 Å². The summed E-state index contributed by atoms with van der Waals surface area (Å²) in [6, 6.07) is 2.69. The largest absolute Gasteiger partial charge is 0.480 e. The fraction of sp³-hybridized carbons (Fsp3) is 0.235. The molecule has 1 aromatic carbocycles. The summed E-state index contributed by atoms with van der Waals surface area (Å²) in [5.74, 6) is -3.76. The summed E-state index contributed by atoms with van der Waals surface area (Å²) in [6.45, 7) is 2.28. The number of carbonyl (C=O) groups excluding carboxylic acids is 2. The topological polar surface area (TPSA) is 104 Å². The number of pyridine rings is 1. The average Bonchev–Trinajstić information content (AvgIpc) is 2.59. The molecule has 0 spiro atoms. The first kappa shape index (κ1) is 22.2. The summed E-state index contributed by atoms with van der Waals surface area (Å²) in [4.78, 5) is 27.2. The summed E-state index contributed by atoms with van der Waals surface area (Å²) >= 11 is 5.91. The van der Waals surface area contributed by atoms with Crippen molar-refractivity contribution in [1.29, 1.82) is 0 Å². The Labute approximate surface area is 166 Å². The summed E-state index contributed by atoms with van der Waals surface area (Å²) < 4.78 is 62.0. The van der Waals surface area contributed by atoms with Gasteiger partial charge >= 0.3 is 12.3 Å². The van der Waals surface area contributed by atoms with Crippen LogP contribution >= 0.6 is 11.6 Å². The normalized spacial score (nSPS) is 12.2. The molecule has 0 saturated carbocycles. The number of carbonyl (C=O) groups is 2. The standard InChI is InChI=1S/C17H14ClF4N3O4/c1-7-3-4-24-14(18)13(7)25-15(26)9-5-10(19)12(29-16(23)27)6-11(9)28-8(2)17(20,21)22/h3-6,8H,1-2H3,(H2,23,27)(H,25,26). The number of rotatable bonds is 5. The minimum absolute atomic E-state index is 0.0758. The lowest BCUT2D eigenvalue weighted by atomic mass is 10.1. The van der Waals surface area contributed by atoms with Gasteiger partial charge in [0.25, 0.3) is 5.91 Å². The maximum absolute atomic E-state index is 14.2. The molecule has 0 aliphatic heterocycles. The smallest absolute Gasteiger partial charge is 0.425 e. The Morgan fingerprint density at radius 2 is 1.93 bits per heavy atom. The predicted molar refractivity (Wildman–Crippen MR) is 94.7 cm³/mol. The Balaban J connectivity index is 2.49. The van der Waals surface area contributed by atoms with Crippen molar-refractivity contribution in [3.05, 3.63) is 46.5 Å². The van der Waals surface area contributed by atoms with Crippen LogP contribution in [0.5, 0.6) is 11.5 Å². The lowest BCUT2D eigenvalue weighted by Gasteiger charge is -2.20. The lowest BCUT2D eigenvalue weighted by molar-refractivity contribution is -0.189. The van der Waals surface area contributed by atoms with Crippen LogP contribution in [0.15, 0.2) is 24.4 Å². The van der Waals surface area contributed by atoms with E-state index in [0.29, 0.717) is 24.6 Å². The van der Waals surface area contributed by atoms with E-state index in [4.69, 9.17) is 22.1 Å². The molecule has 3 N–H and O–H groups in total. The molecule has 1 atom stereocenters. The van der Waals surface area contributed by atoms with Gasteiger partial charge < -0.3 is 20.5 Å². The van der Waals surface area contributed by atoms with Crippen molar-refractivity contribution in [2.75, 3.05) is 5.32 Å². The third kappa shape index (κ3) is 5.47. The number of hydrogen-bond acceptors (Lipinski definition) is 5. The number of ether oxygens (including phenoxy) is 2. The molecule has 0 aliphatic carbocycles. The second kappa shape index (κ2) is 8.52. The van der Waals surface area contributed by atoms with E-state index in [-0.39, 0.29) is 10.8 Å². The van der Waals surface area contributed by atoms with Gasteiger partial charge in [0.1, 0.15) is 5.75 Å². The molecule has 1 heterocycles. The Morgan fingerprint density at radius 1 is 1.28 bits per heavy atom. The molecule has 2 rings (SSSR count). The van der Waals surface area contributed by atoms with Crippen molar-refractivity contribution >= 4 is 29.3 Å². The molecule has 12 heteroatoms. The number of aryl methyl sites for hydroxylation is 1.